The number of carbonyl (C=O) groups is 1. The molecule has 0 amide bonds. The van der Waals surface area contributed by atoms with E-state index in [0.717, 1.165) is 24.0 Å². The van der Waals surface area contributed by atoms with E-state index in [4.69, 9.17) is 4.74 Å². The Morgan fingerprint density at radius 1 is 1.19 bits per heavy atom. The quantitative estimate of drug-likeness (QED) is 0.548. The van der Waals surface area contributed by atoms with Crippen LogP contribution in [0.3, 0.4) is 0 Å². The molecule has 2 bridgehead atoms. The predicted octanol–water partition coefficient (Wildman–Crippen LogP) is 3.52. The molecule has 0 saturated carbocycles. The van der Waals surface area contributed by atoms with Gasteiger partial charge in [-0.05, 0) is 36.8 Å². The maximum atomic E-state index is 14.1. The van der Waals surface area contributed by atoms with Crippen molar-refractivity contribution in [1.82, 2.24) is 9.55 Å². The van der Waals surface area contributed by atoms with Gasteiger partial charge in [0, 0.05) is 38.5 Å². The molecular weight excluding hydrogens is 473 g/mol. The Morgan fingerprint density at radius 3 is 2.58 bits per heavy atom. The van der Waals surface area contributed by atoms with Gasteiger partial charge in [-0.15, -0.1) is 0 Å². The number of hydrogen-bond acceptors (Lipinski definition) is 6. The number of anilines is 2. The predicted molar refractivity (Wildman–Crippen MR) is 130 cm³/mol. The van der Waals surface area contributed by atoms with Crippen molar-refractivity contribution in [3.8, 4) is 0 Å². The molecule has 0 N–H and O–H groups in total. The fraction of sp³-hybridized carbons (Fsp3) is 0.577. The lowest BCUT2D eigenvalue weighted by Crippen LogP contribution is -2.53. The Labute approximate surface area is 207 Å². The summed E-state index contributed by atoms with van der Waals surface area (Å²) < 4.78 is 49.2. The monoisotopic (exact) mass is 504 g/mol. The lowest BCUT2D eigenvalue weighted by molar-refractivity contribution is -0.152. The van der Waals surface area contributed by atoms with E-state index in [-0.39, 0.29) is 48.9 Å². The van der Waals surface area contributed by atoms with Crippen molar-refractivity contribution in [2.24, 2.45) is 0 Å². The second kappa shape index (κ2) is 9.88. The molecule has 3 aliphatic heterocycles. The molecule has 0 radical (unpaired) electrons. The van der Waals surface area contributed by atoms with Crippen molar-refractivity contribution in [1.29, 1.82) is 0 Å². The van der Waals surface area contributed by atoms with Crippen LogP contribution in [0.2, 0.25) is 0 Å². The van der Waals surface area contributed by atoms with E-state index in [1.807, 2.05) is 36.1 Å². The average molecular weight is 505 g/mol. The summed E-state index contributed by atoms with van der Waals surface area (Å²) >= 11 is 0. The molecule has 2 saturated heterocycles. The molecular formula is C26H31F3N4O3. The van der Waals surface area contributed by atoms with E-state index in [9.17, 15) is 22.8 Å². The van der Waals surface area contributed by atoms with Gasteiger partial charge in [0.25, 0.3) is 5.56 Å². The number of Topliss-reactive ketones (excluding diaryl/α,β-unsaturated/α-hetero) is 1. The summed E-state index contributed by atoms with van der Waals surface area (Å²) in [6.07, 6.45) is -1.65. The van der Waals surface area contributed by atoms with Crippen molar-refractivity contribution >= 4 is 17.5 Å². The van der Waals surface area contributed by atoms with E-state index >= 15 is 0 Å². The van der Waals surface area contributed by atoms with Crippen LogP contribution in [0.15, 0.2) is 35.1 Å². The first kappa shape index (κ1) is 24.8. The van der Waals surface area contributed by atoms with Crippen LogP contribution in [-0.4, -0.2) is 59.4 Å². The average Bonchev–Trinajstić information content (AvgIpc) is 3.47. The zero-order valence-electron chi connectivity index (χ0n) is 20.3. The van der Waals surface area contributed by atoms with Gasteiger partial charge >= 0.3 is 6.18 Å². The molecule has 2 fully saturated rings. The third-order valence-corrected chi connectivity index (χ3v) is 7.40. The van der Waals surface area contributed by atoms with E-state index in [2.05, 4.69) is 4.98 Å². The van der Waals surface area contributed by atoms with Crippen LogP contribution in [0.5, 0.6) is 0 Å². The zero-order valence-corrected chi connectivity index (χ0v) is 20.3. The summed E-state index contributed by atoms with van der Waals surface area (Å²) in [4.78, 5) is 32.7. The number of benzene rings is 1. The minimum absolute atomic E-state index is 0.0161. The highest BCUT2D eigenvalue weighted by molar-refractivity contribution is 5.80. The van der Waals surface area contributed by atoms with Gasteiger partial charge in [0.1, 0.15) is 17.6 Å². The fourth-order valence-electron chi connectivity index (χ4n) is 5.55. The van der Waals surface area contributed by atoms with Crippen molar-refractivity contribution in [2.45, 2.75) is 76.4 Å². The van der Waals surface area contributed by atoms with Crippen LogP contribution in [0.25, 0.3) is 0 Å². The van der Waals surface area contributed by atoms with E-state index in [0.29, 0.717) is 38.2 Å². The molecule has 1 aromatic carbocycles. The van der Waals surface area contributed by atoms with Gasteiger partial charge in [-0.3, -0.25) is 14.2 Å². The first-order valence-corrected chi connectivity index (χ1v) is 12.7. The lowest BCUT2D eigenvalue weighted by atomic mass is 10.0. The maximum absolute atomic E-state index is 14.1. The largest absolute Gasteiger partial charge is 0.408 e. The molecule has 194 valence electrons. The summed E-state index contributed by atoms with van der Waals surface area (Å²) in [5.41, 5.74) is 1.44. The number of ether oxygens (including phenoxy) is 1. The third kappa shape index (κ3) is 5.00. The number of morpholine rings is 1. The Hall–Kier alpha value is -2.88. The summed E-state index contributed by atoms with van der Waals surface area (Å²) in [6.45, 7) is 3.15. The summed E-state index contributed by atoms with van der Waals surface area (Å²) in [6, 6.07) is 7.28. The molecule has 3 aliphatic rings. The first-order valence-electron chi connectivity index (χ1n) is 12.7. The minimum Gasteiger partial charge on any atom is -0.374 e. The van der Waals surface area contributed by atoms with Gasteiger partial charge in [-0.25, -0.2) is 0 Å². The highest BCUT2D eigenvalue weighted by Crippen LogP contribution is 2.36. The number of hydrogen-bond donors (Lipinski definition) is 0. The Balaban J connectivity index is 1.38. The van der Waals surface area contributed by atoms with Crippen LogP contribution < -0.4 is 15.4 Å². The van der Waals surface area contributed by atoms with Crippen LogP contribution >= 0.6 is 0 Å². The van der Waals surface area contributed by atoms with Gasteiger partial charge < -0.3 is 14.5 Å². The Bertz CT molecular complexity index is 1160. The molecule has 1 aromatic heterocycles. The summed E-state index contributed by atoms with van der Waals surface area (Å²) in [5, 5.41) is 0. The number of alkyl halides is 3. The standard InChI is InChI=1S/C26H31F3N4O3/c1-2-3-20(34)12-18-6-4-17(5-7-18)8-10-31-22(26(27,28)29)9-11-32-24(35)14-23(30-25(31)32)33-15-21-13-19(33)16-36-21/h4-7,14,19,21-22H,2-3,8-13,15-16H2,1H3/t19-,21-,22-/m0/s1. The third-order valence-electron chi connectivity index (χ3n) is 7.40. The topological polar surface area (TPSA) is 67.7 Å². The molecule has 36 heavy (non-hydrogen) atoms. The van der Waals surface area contributed by atoms with Crippen LogP contribution in [0, 0.1) is 0 Å². The van der Waals surface area contributed by atoms with Gasteiger partial charge in [0.2, 0.25) is 5.95 Å². The molecule has 3 atom stereocenters. The SMILES string of the molecule is CCCC(=O)Cc1ccc(CCN2c3nc(N4C[C@@H]5C[C@H]4CO5)cc(=O)n3CC[C@H]2C(F)(F)F)cc1. The second-order valence-electron chi connectivity index (χ2n) is 9.97. The highest BCUT2D eigenvalue weighted by atomic mass is 19.4. The normalized spacial score (nSPS) is 23.3. The van der Waals surface area contributed by atoms with Gasteiger partial charge in [0.05, 0.1) is 18.8 Å². The van der Waals surface area contributed by atoms with Crippen molar-refractivity contribution in [2.75, 3.05) is 29.5 Å². The van der Waals surface area contributed by atoms with Crippen molar-refractivity contribution in [3.63, 3.8) is 0 Å². The zero-order chi connectivity index (χ0) is 25.4. The Morgan fingerprint density at radius 2 is 1.94 bits per heavy atom. The molecule has 2 aromatic rings. The fourth-order valence-corrected chi connectivity index (χ4v) is 5.55. The number of carbonyl (C=O) groups excluding carboxylic acids is 1. The van der Waals surface area contributed by atoms with Crippen LogP contribution in [0.4, 0.5) is 24.9 Å². The molecule has 7 nitrogen and oxygen atoms in total. The number of fused-ring (bicyclic) bond motifs is 3. The lowest BCUT2D eigenvalue weighted by Gasteiger charge is -2.39. The van der Waals surface area contributed by atoms with Gasteiger partial charge in [-0.2, -0.15) is 18.2 Å². The minimum atomic E-state index is -4.44. The molecule has 10 heteroatoms. The van der Waals surface area contributed by atoms with Crippen LogP contribution in [0.1, 0.15) is 43.7 Å². The van der Waals surface area contributed by atoms with E-state index in [1.54, 1.807) is 0 Å². The first-order chi connectivity index (χ1) is 17.2. The molecule has 0 spiro atoms. The molecule has 0 aliphatic carbocycles. The van der Waals surface area contributed by atoms with Gasteiger partial charge in [-0.1, -0.05) is 31.2 Å². The number of ketones is 1. The Kier molecular flexibility index (Phi) is 6.80. The highest BCUT2D eigenvalue weighted by Gasteiger charge is 2.47. The maximum Gasteiger partial charge on any atom is 0.408 e. The summed E-state index contributed by atoms with van der Waals surface area (Å²) in [5.74, 6) is 0.681. The van der Waals surface area contributed by atoms with Crippen molar-refractivity contribution in [3.05, 3.63) is 51.8 Å². The van der Waals surface area contributed by atoms with E-state index < -0.39 is 12.2 Å². The van der Waals surface area contributed by atoms with Crippen LogP contribution in [-0.2, 0) is 28.9 Å². The number of halogens is 3. The summed E-state index contributed by atoms with van der Waals surface area (Å²) in [7, 11) is 0. The number of nitrogens with zero attached hydrogens (tertiary/aromatic N) is 4. The van der Waals surface area contributed by atoms with E-state index in [1.165, 1.54) is 15.5 Å². The smallest absolute Gasteiger partial charge is 0.374 e. The van der Waals surface area contributed by atoms with Gasteiger partial charge in [0.15, 0.2) is 0 Å². The number of aromatic nitrogens is 2. The second-order valence-corrected chi connectivity index (χ2v) is 9.97. The molecule has 5 rings (SSSR count). The van der Waals surface area contributed by atoms with Crippen molar-refractivity contribution < 1.29 is 22.7 Å². The number of rotatable bonds is 8. The molecule has 4 heterocycles. The molecule has 0 unspecified atom stereocenters.